The third kappa shape index (κ3) is 3.07. The van der Waals surface area contributed by atoms with Gasteiger partial charge in [-0.15, -0.1) is 0 Å². The van der Waals surface area contributed by atoms with Gasteiger partial charge in [-0.1, -0.05) is 0 Å². The molecule has 25 heavy (non-hydrogen) atoms. The number of aliphatic carboxylic acids is 1. The lowest BCUT2D eigenvalue weighted by Gasteiger charge is -2.31. The van der Waals surface area contributed by atoms with Gasteiger partial charge >= 0.3 is 5.97 Å². The van der Waals surface area contributed by atoms with Gasteiger partial charge in [0.25, 0.3) is 5.91 Å². The molecule has 1 aliphatic heterocycles. The van der Waals surface area contributed by atoms with Crippen molar-refractivity contribution in [1.29, 1.82) is 0 Å². The number of carboxylic acid groups (broad SMARTS) is 1. The molecule has 1 aromatic carbocycles. The van der Waals surface area contributed by atoms with Gasteiger partial charge in [0.15, 0.2) is 6.10 Å². The number of carbonyl (C=O) groups excluding carboxylic acids is 1. The van der Waals surface area contributed by atoms with E-state index in [2.05, 4.69) is 4.98 Å². The van der Waals surface area contributed by atoms with E-state index in [0.717, 1.165) is 18.5 Å². The Labute approximate surface area is 143 Å². The van der Waals surface area contributed by atoms with Crippen LogP contribution < -0.4 is 0 Å². The minimum Gasteiger partial charge on any atom is -0.479 e. The highest BCUT2D eigenvalue weighted by atomic mass is 19.1. The average molecular weight is 344 g/mol. The molecular weight excluding hydrogens is 327 g/mol. The van der Waals surface area contributed by atoms with Crippen LogP contribution in [0, 0.1) is 5.82 Å². The molecule has 1 aromatic heterocycles. The van der Waals surface area contributed by atoms with E-state index in [-0.39, 0.29) is 19.1 Å². The number of carbonyl (C=O) groups is 2. The number of benzene rings is 1. The number of hydrogen-bond donors (Lipinski definition) is 1. The normalized spacial score (nSPS) is 20.7. The second-order valence-corrected chi connectivity index (χ2v) is 6.48. The summed E-state index contributed by atoms with van der Waals surface area (Å²) in [5.41, 5.74) is 1.79. The molecule has 0 unspecified atom stereocenters. The molecule has 1 atom stereocenters. The average Bonchev–Trinajstić information content (AvgIpc) is 3.45. The van der Waals surface area contributed by atoms with Crippen molar-refractivity contribution < 1.29 is 23.8 Å². The first-order chi connectivity index (χ1) is 12.0. The van der Waals surface area contributed by atoms with Crippen LogP contribution in [0.25, 0.3) is 10.9 Å². The van der Waals surface area contributed by atoms with Gasteiger partial charge in [0.1, 0.15) is 5.82 Å². The predicted octanol–water partition coefficient (Wildman–Crippen LogP) is 2.18. The zero-order valence-corrected chi connectivity index (χ0v) is 13.4. The summed E-state index contributed by atoms with van der Waals surface area (Å²) in [6.45, 7) is 0.447. The summed E-state index contributed by atoms with van der Waals surface area (Å²) in [7, 11) is 0. The van der Waals surface area contributed by atoms with E-state index in [1.807, 2.05) is 0 Å². The number of amides is 1. The van der Waals surface area contributed by atoms with E-state index in [9.17, 15) is 14.0 Å². The molecule has 6 nitrogen and oxygen atoms in total. The third-order valence-electron chi connectivity index (χ3n) is 4.65. The number of aromatic nitrogens is 1. The topological polar surface area (TPSA) is 79.7 Å². The van der Waals surface area contributed by atoms with Gasteiger partial charge in [0.05, 0.1) is 24.2 Å². The van der Waals surface area contributed by atoms with Crippen LogP contribution in [0.1, 0.15) is 34.8 Å². The Morgan fingerprint density at radius 1 is 1.28 bits per heavy atom. The summed E-state index contributed by atoms with van der Waals surface area (Å²) in [5.74, 6) is -1.50. The van der Waals surface area contributed by atoms with Crippen LogP contribution in [0.2, 0.25) is 0 Å². The molecule has 1 N–H and O–H groups in total. The van der Waals surface area contributed by atoms with Crippen LogP contribution in [0.15, 0.2) is 24.3 Å². The van der Waals surface area contributed by atoms with Crippen LogP contribution in [-0.2, 0) is 9.53 Å². The maximum atomic E-state index is 13.7. The van der Waals surface area contributed by atoms with E-state index in [1.165, 1.54) is 17.0 Å². The van der Waals surface area contributed by atoms with Gasteiger partial charge < -0.3 is 14.7 Å². The molecular formula is C18H17FN2O4. The van der Waals surface area contributed by atoms with Crippen molar-refractivity contribution in [3.63, 3.8) is 0 Å². The molecule has 1 saturated heterocycles. The fraction of sp³-hybridized carbons (Fsp3) is 0.389. The lowest BCUT2D eigenvalue weighted by Crippen LogP contribution is -2.48. The lowest BCUT2D eigenvalue weighted by atomic mass is 10.0. The number of halogens is 1. The van der Waals surface area contributed by atoms with Gasteiger partial charge in [-0.25, -0.2) is 9.18 Å². The molecule has 2 aliphatic rings. The first kappa shape index (κ1) is 16.0. The van der Waals surface area contributed by atoms with Crippen LogP contribution in [0.4, 0.5) is 4.39 Å². The molecule has 2 aromatic rings. The molecule has 0 bridgehead atoms. The van der Waals surface area contributed by atoms with Crippen LogP contribution in [0.5, 0.6) is 0 Å². The Morgan fingerprint density at radius 2 is 2.08 bits per heavy atom. The zero-order chi connectivity index (χ0) is 17.6. The molecule has 0 radical (unpaired) electrons. The molecule has 1 amide bonds. The van der Waals surface area contributed by atoms with Gasteiger partial charge in [0.2, 0.25) is 0 Å². The fourth-order valence-electron chi connectivity index (χ4n) is 3.14. The highest BCUT2D eigenvalue weighted by molar-refractivity contribution is 6.06. The van der Waals surface area contributed by atoms with Crippen molar-refractivity contribution in [1.82, 2.24) is 9.88 Å². The van der Waals surface area contributed by atoms with E-state index in [4.69, 9.17) is 9.84 Å². The number of ether oxygens (including phenoxy) is 1. The molecule has 1 saturated carbocycles. The van der Waals surface area contributed by atoms with Gasteiger partial charge in [-0.2, -0.15) is 0 Å². The van der Waals surface area contributed by atoms with E-state index in [0.29, 0.717) is 28.9 Å². The quantitative estimate of drug-likeness (QED) is 0.923. The fourth-order valence-corrected chi connectivity index (χ4v) is 3.14. The van der Waals surface area contributed by atoms with Crippen LogP contribution >= 0.6 is 0 Å². The van der Waals surface area contributed by atoms with E-state index >= 15 is 0 Å². The molecule has 2 heterocycles. The Morgan fingerprint density at radius 3 is 2.80 bits per heavy atom. The van der Waals surface area contributed by atoms with Crippen molar-refractivity contribution in [2.45, 2.75) is 24.9 Å². The summed E-state index contributed by atoms with van der Waals surface area (Å²) < 4.78 is 18.9. The van der Waals surface area contributed by atoms with Crippen molar-refractivity contribution in [3.05, 3.63) is 41.3 Å². The monoisotopic (exact) mass is 344 g/mol. The molecule has 4 rings (SSSR count). The number of hydrogen-bond acceptors (Lipinski definition) is 4. The van der Waals surface area contributed by atoms with Crippen LogP contribution in [-0.4, -0.2) is 52.7 Å². The minimum atomic E-state index is -1.10. The highest BCUT2D eigenvalue weighted by Crippen LogP contribution is 2.40. The Kier molecular flexibility index (Phi) is 3.88. The smallest absolute Gasteiger partial charge is 0.334 e. The third-order valence-corrected chi connectivity index (χ3v) is 4.65. The summed E-state index contributed by atoms with van der Waals surface area (Å²) in [6, 6.07) is 5.94. The van der Waals surface area contributed by atoms with E-state index < -0.39 is 17.9 Å². The van der Waals surface area contributed by atoms with Gasteiger partial charge in [-0.3, -0.25) is 9.78 Å². The van der Waals surface area contributed by atoms with Gasteiger partial charge in [-0.05, 0) is 37.1 Å². The minimum absolute atomic E-state index is 0.0218. The Hall–Kier alpha value is -2.54. The molecule has 2 fully saturated rings. The molecule has 7 heteroatoms. The maximum Gasteiger partial charge on any atom is 0.334 e. The number of morpholine rings is 1. The lowest BCUT2D eigenvalue weighted by molar-refractivity contribution is -0.154. The molecule has 1 aliphatic carbocycles. The zero-order valence-electron chi connectivity index (χ0n) is 13.4. The van der Waals surface area contributed by atoms with Crippen molar-refractivity contribution in [2.24, 2.45) is 0 Å². The summed E-state index contributed by atoms with van der Waals surface area (Å²) in [6.07, 6.45) is 1.03. The second kappa shape index (κ2) is 6.07. The Bertz CT molecular complexity index is 866. The second-order valence-electron chi connectivity index (χ2n) is 6.48. The van der Waals surface area contributed by atoms with E-state index in [1.54, 1.807) is 12.1 Å². The molecule has 130 valence electrons. The SMILES string of the molecule is O=C(O)[C@@H]1CN(C(=O)c2cc(C3CC3)nc3ccc(F)cc23)CCO1. The Balaban J connectivity index is 1.75. The van der Waals surface area contributed by atoms with Gasteiger partial charge in [0, 0.05) is 23.5 Å². The number of nitrogens with zero attached hydrogens (tertiary/aromatic N) is 2. The summed E-state index contributed by atoms with van der Waals surface area (Å²) in [5, 5.41) is 9.57. The standard InChI is InChI=1S/C18H17FN2O4/c19-11-3-4-14-12(7-11)13(8-15(20-14)10-1-2-10)17(22)21-5-6-25-16(9-21)18(23)24/h3-4,7-8,10,16H,1-2,5-6,9H2,(H,23,24)/t16-/m0/s1. The number of rotatable bonds is 3. The predicted molar refractivity (Wildman–Crippen MR) is 87.0 cm³/mol. The molecule has 0 spiro atoms. The van der Waals surface area contributed by atoms with Crippen molar-refractivity contribution in [3.8, 4) is 0 Å². The van der Waals surface area contributed by atoms with Crippen molar-refractivity contribution >= 4 is 22.8 Å². The first-order valence-corrected chi connectivity index (χ1v) is 8.27. The largest absolute Gasteiger partial charge is 0.479 e. The first-order valence-electron chi connectivity index (χ1n) is 8.27. The van der Waals surface area contributed by atoms with Crippen molar-refractivity contribution in [2.75, 3.05) is 19.7 Å². The number of carboxylic acids is 1. The highest BCUT2D eigenvalue weighted by Gasteiger charge is 2.32. The van der Waals surface area contributed by atoms with Crippen LogP contribution in [0.3, 0.4) is 0 Å². The summed E-state index contributed by atoms with van der Waals surface area (Å²) >= 11 is 0. The number of fused-ring (bicyclic) bond motifs is 1. The summed E-state index contributed by atoms with van der Waals surface area (Å²) in [4.78, 5) is 30.2. The maximum absolute atomic E-state index is 13.7. The number of pyridine rings is 1.